The minimum atomic E-state index is 0.464. The molecule has 58 valence electrons. The van der Waals surface area contributed by atoms with E-state index in [2.05, 4.69) is 4.98 Å². The van der Waals surface area contributed by atoms with Crippen LogP contribution in [0, 0.1) is 6.92 Å². The molecule has 1 aromatic rings. The Morgan fingerprint density at radius 1 is 1.45 bits per heavy atom. The Bertz CT molecular complexity index is 225. The topological polar surface area (TPSA) is 12.9 Å². The van der Waals surface area contributed by atoms with E-state index in [-0.39, 0.29) is 0 Å². The summed E-state index contributed by atoms with van der Waals surface area (Å²) in [6.45, 7) is 5.88. The highest BCUT2D eigenvalue weighted by Gasteiger charge is 1.92. The Morgan fingerprint density at radius 2 is 2.00 bits per heavy atom. The fourth-order valence-corrected chi connectivity index (χ4v) is 0.675. The second kappa shape index (κ2) is 5.19. The number of pyridine rings is 1. The van der Waals surface area contributed by atoms with Crippen LogP contribution in [0.2, 0.25) is 5.02 Å². The van der Waals surface area contributed by atoms with Crippen molar-refractivity contribution >= 4 is 25.0 Å². The molecule has 2 radical (unpaired) electrons. The summed E-state index contributed by atoms with van der Waals surface area (Å²) in [4.78, 5) is 3.83. The van der Waals surface area contributed by atoms with Crippen LogP contribution >= 0.6 is 11.6 Å². The van der Waals surface area contributed by atoms with Gasteiger partial charge in [-0.3, -0.25) is 4.98 Å². The molecule has 0 aliphatic carbocycles. The molecule has 0 N–H and O–H groups in total. The first-order chi connectivity index (χ1) is 5.20. The molecule has 1 aromatic heterocycles. The Kier molecular flexibility index (Phi) is 4.96. The molecule has 0 fully saturated rings. The van der Waals surface area contributed by atoms with Crippen LogP contribution in [0.15, 0.2) is 12.3 Å². The fraction of sp³-hybridized carbons (Fsp3) is 0.375. The third kappa shape index (κ3) is 3.42. The van der Waals surface area contributed by atoms with Crippen molar-refractivity contribution in [3.63, 3.8) is 0 Å². The molecule has 0 spiro atoms. The first-order valence-electron chi connectivity index (χ1n) is 3.58. The van der Waals surface area contributed by atoms with Crippen molar-refractivity contribution in [3.05, 3.63) is 22.8 Å². The maximum atomic E-state index is 5.69. The number of aryl methyl sites for hydroxylation is 1. The van der Waals surface area contributed by atoms with Crippen molar-refractivity contribution in [2.24, 2.45) is 0 Å². The van der Waals surface area contributed by atoms with Gasteiger partial charge in [-0.05, 0) is 24.1 Å². The Labute approximate surface area is 74.2 Å². The highest BCUT2D eigenvalue weighted by Crippen LogP contribution is 2.09. The predicted molar refractivity (Wildman–Crippen MR) is 50.7 cm³/mol. The number of rotatable bonds is 0. The normalized spacial score (nSPS) is 8.36. The molecule has 0 amide bonds. The Hall–Kier alpha value is -0.495. The molecule has 1 nitrogen and oxygen atoms in total. The lowest BCUT2D eigenvalue weighted by Gasteiger charge is -1.95. The van der Waals surface area contributed by atoms with Crippen LogP contribution in [-0.2, 0) is 0 Å². The van der Waals surface area contributed by atoms with E-state index < -0.39 is 0 Å². The number of aromatic nitrogens is 1. The summed E-state index contributed by atoms with van der Waals surface area (Å²) in [5, 5.41) is 0.669. The number of hydrogen-bond acceptors (Lipinski definition) is 1. The summed E-state index contributed by atoms with van der Waals surface area (Å²) in [5.41, 5.74) is 1.41. The highest BCUT2D eigenvalue weighted by molar-refractivity contribution is 6.35. The van der Waals surface area contributed by atoms with Crippen LogP contribution in [0.25, 0.3) is 0 Å². The van der Waals surface area contributed by atoms with E-state index in [1.807, 2.05) is 20.8 Å². The van der Waals surface area contributed by atoms with E-state index in [1.165, 1.54) is 0 Å². The van der Waals surface area contributed by atoms with Crippen molar-refractivity contribution in [3.8, 4) is 0 Å². The van der Waals surface area contributed by atoms with Gasteiger partial charge in [0, 0.05) is 11.2 Å². The molecule has 3 heteroatoms. The zero-order valence-electron chi connectivity index (χ0n) is 7.06. The van der Waals surface area contributed by atoms with Crippen LogP contribution in [0.3, 0.4) is 0 Å². The molecule has 0 aliphatic heterocycles. The van der Waals surface area contributed by atoms with Gasteiger partial charge in [-0.2, -0.15) is 0 Å². The summed E-state index contributed by atoms with van der Waals surface area (Å²) in [6, 6.07) is 1.64. The van der Waals surface area contributed by atoms with Crippen LogP contribution in [0.4, 0.5) is 0 Å². The zero-order chi connectivity index (χ0) is 8.85. The standard InChI is InChI=1S/C6H5BClN.C2H6/c1-4-3-9-6(7)2-5(4)8;1-2/h2-3H,1H3;1-2H3. The molecular formula is C8H11BClN. The molecule has 1 rings (SSSR count). The summed E-state index contributed by atoms with van der Waals surface area (Å²) < 4.78 is 0. The van der Waals surface area contributed by atoms with Crippen molar-refractivity contribution in [2.45, 2.75) is 20.8 Å². The minimum absolute atomic E-state index is 0.464. The third-order valence-electron chi connectivity index (χ3n) is 1.06. The first-order valence-corrected chi connectivity index (χ1v) is 3.95. The lowest BCUT2D eigenvalue weighted by molar-refractivity contribution is 1.31. The van der Waals surface area contributed by atoms with Gasteiger partial charge < -0.3 is 0 Å². The average molecular weight is 167 g/mol. The van der Waals surface area contributed by atoms with Crippen LogP contribution in [0.1, 0.15) is 19.4 Å². The zero-order valence-corrected chi connectivity index (χ0v) is 7.81. The van der Waals surface area contributed by atoms with Gasteiger partial charge in [0.05, 0.1) is 0 Å². The summed E-state index contributed by atoms with van der Waals surface area (Å²) >= 11 is 5.69. The Morgan fingerprint density at radius 3 is 2.36 bits per heavy atom. The largest absolute Gasteiger partial charge is 0.273 e. The summed E-state index contributed by atoms with van der Waals surface area (Å²) in [5.74, 6) is 0. The van der Waals surface area contributed by atoms with Gasteiger partial charge in [0.25, 0.3) is 0 Å². The second-order valence-corrected chi connectivity index (χ2v) is 2.27. The van der Waals surface area contributed by atoms with Gasteiger partial charge in [0.2, 0.25) is 0 Å². The van der Waals surface area contributed by atoms with Crippen molar-refractivity contribution in [1.82, 2.24) is 4.98 Å². The lowest BCUT2D eigenvalue weighted by atomic mass is 10.0. The maximum absolute atomic E-state index is 5.69. The fourth-order valence-electron chi connectivity index (χ4n) is 0.514. The van der Waals surface area contributed by atoms with E-state index in [0.29, 0.717) is 10.6 Å². The molecule has 0 aromatic carbocycles. The molecular weight excluding hydrogens is 156 g/mol. The number of halogens is 1. The quantitative estimate of drug-likeness (QED) is 0.538. The van der Waals surface area contributed by atoms with Gasteiger partial charge in [0.15, 0.2) is 0 Å². The van der Waals surface area contributed by atoms with Crippen molar-refractivity contribution in [2.75, 3.05) is 0 Å². The molecule has 0 bridgehead atoms. The van der Waals surface area contributed by atoms with E-state index in [1.54, 1.807) is 12.3 Å². The molecule has 0 aliphatic rings. The van der Waals surface area contributed by atoms with Gasteiger partial charge in [-0.25, -0.2) is 0 Å². The van der Waals surface area contributed by atoms with E-state index in [4.69, 9.17) is 19.4 Å². The highest BCUT2D eigenvalue weighted by atomic mass is 35.5. The number of hydrogen-bond donors (Lipinski definition) is 0. The minimum Gasteiger partial charge on any atom is -0.273 e. The molecule has 0 saturated heterocycles. The average Bonchev–Trinajstić information content (AvgIpc) is 2.02. The maximum Gasteiger partial charge on any atom is 0.141 e. The second-order valence-electron chi connectivity index (χ2n) is 1.86. The van der Waals surface area contributed by atoms with Gasteiger partial charge in [-0.1, -0.05) is 25.4 Å². The predicted octanol–water partition coefficient (Wildman–Crippen LogP) is 1.86. The van der Waals surface area contributed by atoms with Crippen LogP contribution < -0.4 is 5.59 Å². The molecule has 0 atom stereocenters. The van der Waals surface area contributed by atoms with Gasteiger partial charge in [0.1, 0.15) is 7.85 Å². The van der Waals surface area contributed by atoms with Crippen LogP contribution in [0.5, 0.6) is 0 Å². The Balaban J connectivity index is 0.000000461. The molecule has 0 unspecified atom stereocenters. The third-order valence-corrected chi connectivity index (χ3v) is 1.47. The lowest BCUT2D eigenvalue weighted by Crippen LogP contribution is -2.06. The van der Waals surface area contributed by atoms with Crippen molar-refractivity contribution < 1.29 is 0 Å². The number of nitrogens with zero attached hydrogens (tertiary/aromatic N) is 1. The molecule has 11 heavy (non-hydrogen) atoms. The van der Waals surface area contributed by atoms with E-state index in [9.17, 15) is 0 Å². The SMILES string of the molecule is CC.[B]c1cc(Cl)c(C)cn1. The van der Waals surface area contributed by atoms with Gasteiger partial charge >= 0.3 is 0 Å². The summed E-state index contributed by atoms with van der Waals surface area (Å²) in [7, 11) is 5.33. The molecule has 1 heterocycles. The van der Waals surface area contributed by atoms with E-state index >= 15 is 0 Å². The first kappa shape index (κ1) is 10.5. The molecule has 0 saturated carbocycles. The summed E-state index contributed by atoms with van der Waals surface area (Å²) in [6.07, 6.45) is 1.65. The van der Waals surface area contributed by atoms with E-state index in [0.717, 1.165) is 5.56 Å². The monoisotopic (exact) mass is 167 g/mol. The van der Waals surface area contributed by atoms with Crippen molar-refractivity contribution in [1.29, 1.82) is 0 Å². The van der Waals surface area contributed by atoms with Crippen LogP contribution in [-0.4, -0.2) is 12.8 Å². The smallest absolute Gasteiger partial charge is 0.141 e. The van der Waals surface area contributed by atoms with Gasteiger partial charge in [-0.15, -0.1) is 0 Å².